The maximum absolute atomic E-state index is 12.9. The van der Waals surface area contributed by atoms with Gasteiger partial charge in [-0.1, -0.05) is 17.7 Å². The fraction of sp³-hybridized carbons (Fsp3) is 0.682. The summed E-state index contributed by atoms with van der Waals surface area (Å²) < 4.78 is 0. The van der Waals surface area contributed by atoms with Gasteiger partial charge >= 0.3 is 0 Å². The smallest absolute Gasteiger partial charge is 0.282 e. The van der Waals surface area contributed by atoms with Crippen molar-refractivity contribution in [3.05, 3.63) is 28.8 Å². The summed E-state index contributed by atoms with van der Waals surface area (Å²) in [7, 11) is 0. The summed E-state index contributed by atoms with van der Waals surface area (Å²) in [6.45, 7) is 8.37. The maximum Gasteiger partial charge on any atom is 0.282 e. The van der Waals surface area contributed by atoms with Crippen LogP contribution in [0.2, 0.25) is 0 Å². The molecular formula is C22H33N2O+. The van der Waals surface area contributed by atoms with E-state index in [1.165, 1.54) is 44.1 Å². The number of quaternary nitrogens is 1. The minimum atomic E-state index is -0.0173. The SMILES string of the molecule is Cc1cc(C)c(NC(=O)[C@@H](C)[NH2+]C23CC4CC(CC(C4)C2)C3)c(C)c1. The van der Waals surface area contributed by atoms with Gasteiger partial charge < -0.3 is 10.6 Å². The Labute approximate surface area is 152 Å². The molecule has 0 aromatic heterocycles. The van der Waals surface area contributed by atoms with Crippen molar-refractivity contribution in [1.82, 2.24) is 0 Å². The van der Waals surface area contributed by atoms with Crippen molar-refractivity contribution < 1.29 is 10.1 Å². The van der Waals surface area contributed by atoms with E-state index in [9.17, 15) is 4.79 Å². The van der Waals surface area contributed by atoms with Crippen LogP contribution in [-0.2, 0) is 4.79 Å². The van der Waals surface area contributed by atoms with Crippen molar-refractivity contribution in [3.63, 3.8) is 0 Å². The molecule has 3 heteroatoms. The predicted octanol–water partition coefficient (Wildman–Crippen LogP) is 3.47. The first-order chi connectivity index (χ1) is 11.8. The molecular weight excluding hydrogens is 308 g/mol. The molecule has 0 radical (unpaired) electrons. The molecule has 0 saturated heterocycles. The molecule has 1 atom stereocenters. The fourth-order valence-electron chi connectivity index (χ4n) is 6.60. The Kier molecular flexibility index (Phi) is 4.18. The molecule has 4 bridgehead atoms. The summed E-state index contributed by atoms with van der Waals surface area (Å²) in [4.78, 5) is 12.9. The van der Waals surface area contributed by atoms with Gasteiger partial charge in [0.25, 0.3) is 5.91 Å². The molecule has 4 saturated carbocycles. The Bertz CT molecular complexity index is 635. The first-order valence-electron chi connectivity index (χ1n) is 10.1. The molecule has 0 aliphatic heterocycles. The Morgan fingerprint density at radius 1 is 1.04 bits per heavy atom. The Morgan fingerprint density at radius 2 is 1.52 bits per heavy atom. The van der Waals surface area contributed by atoms with Crippen LogP contribution >= 0.6 is 0 Å². The summed E-state index contributed by atoms with van der Waals surface area (Å²) in [6, 6.07) is 4.28. The first-order valence-corrected chi connectivity index (χ1v) is 10.1. The molecule has 0 heterocycles. The number of anilines is 1. The highest BCUT2D eigenvalue weighted by Gasteiger charge is 2.54. The van der Waals surface area contributed by atoms with Gasteiger partial charge in [0.15, 0.2) is 6.04 Å². The number of hydrogen-bond donors (Lipinski definition) is 2. The van der Waals surface area contributed by atoms with E-state index in [0.717, 1.165) is 34.6 Å². The molecule has 1 aromatic carbocycles. The van der Waals surface area contributed by atoms with Crippen molar-refractivity contribution in [1.29, 1.82) is 0 Å². The average Bonchev–Trinajstić information content (AvgIpc) is 2.48. The zero-order valence-corrected chi connectivity index (χ0v) is 16.2. The molecule has 4 aliphatic carbocycles. The van der Waals surface area contributed by atoms with Crippen LogP contribution in [0.25, 0.3) is 0 Å². The molecule has 25 heavy (non-hydrogen) atoms. The molecule has 0 spiro atoms. The van der Waals surface area contributed by atoms with Gasteiger partial charge in [-0.05, 0) is 75.8 Å². The van der Waals surface area contributed by atoms with Crippen molar-refractivity contribution in [3.8, 4) is 0 Å². The second kappa shape index (κ2) is 6.12. The minimum Gasteiger partial charge on any atom is -0.331 e. The third-order valence-electron chi connectivity index (χ3n) is 7.03. The summed E-state index contributed by atoms with van der Waals surface area (Å²) in [5.41, 5.74) is 4.92. The number of carbonyl (C=O) groups is 1. The van der Waals surface area contributed by atoms with Crippen molar-refractivity contribution in [2.45, 2.75) is 77.8 Å². The van der Waals surface area contributed by atoms with Crippen molar-refractivity contribution >= 4 is 11.6 Å². The van der Waals surface area contributed by atoms with Crippen molar-refractivity contribution in [2.24, 2.45) is 17.8 Å². The zero-order valence-electron chi connectivity index (χ0n) is 16.2. The summed E-state index contributed by atoms with van der Waals surface area (Å²) in [6.07, 6.45) is 8.36. The molecule has 1 aromatic rings. The van der Waals surface area contributed by atoms with Gasteiger partial charge in [-0.2, -0.15) is 0 Å². The summed E-state index contributed by atoms with van der Waals surface area (Å²) >= 11 is 0. The highest BCUT2D eigenvalue weighted by molar-refractivity contribution is 5.95. The fourth-order valence-corrected chi connectivity index (χ4v) is 6.60. The number of nitrogens with one attached hydrogen (secondary N) is 1. The van der Waals surface area contributed by atoms with Gasteiger partial charge in [0.2, 0.25) is 0 Å². The lowest BCUT2D eigenvalue weighted by atomic mass is 9.53. The van der Waals surface area contributed by atoms with E-state index < -0.39 is 0 Å². The zero-order chi connectivity index (χ0) is 17.8. The maximum atomic E-state index is 12.9. The Hall–Kier alpha value is -1.35. The van der Waals surface area contributed by atoms with E-state index in [0.29, 0.717) is 5.54 Å². The lowest BCUT2D eigenvalue weighted by molar-refractivity contribution is -0.754. The van der Waals surface area contributed by atoms with Gasteiger partial charge in [-0.3, -0.25) is 4.79 Å². The standard InChI is InChI=1S/C22H32N2O/c1-13-5-14(2)20(15(3)6-13)23-21(25)16(4)24-22-10-17-7-18(11-22)9-19(8-17)12-22/h5-6,16-19,24H,7-12H2,1-4H3,(H,23,25)/p+1/t16-,17?,18?,19?,22?/m1/s1. The minimum absolute atomic E-state index is 0.0173. The van der Waals surface area contributed by atoms with E-state index >= 15 is 0 Å². The molecule has 3 nitrogen and oxygen atoms in total. The number of aryl methyl sites for hydroxylation is 3. The summed E-state index contributed by atoms with van der Waals surface area (Å²) in [5.74, 6) is 2.95. The molecule has 4 aliphatic rings. The van der Waals surface area contributed by atoms with Gasteiger partial charge in [-0.15, -0.1) is 0 Å². The van der Waals surface area contributed by atoms with E-state index in [2.05, 4.69) is 50.5 Å². The van der Waals surface area contributed by atoms with Crippen LogP contribution in [0.4, 0.5) is 5.69 Å². The van der Waals surface area contributed by atoms with Crippen molar-refractivity contribution in [2.75, 3.05) is 5.32 Å². The van der Waals surface area contributed by atoms with Gasteiger partial charge in [0.05, 0.1) is 5.54 Å². The van der Waals surface area contributed by atoms with Crippen LogP contribution in [0, 0.1) is 38.5 Å². The van der Waals surface area contributed by atoms with Gasteiger partial charge in [0.1, 0.15) is 0 Å². The number of rotatable bonds is 4. The summed E-state index contributed by atoms with van der Waals surface area (Å²) in [5, 5.41) is 5.65. The second-order valence-electron chi connectivity index (χ2n) is 9.50. The molecule has 3 N–H and O–H groups in total. The lowest BCUT2D eigenvalue weighted by Crippen LogP contribution is -3.03. The third kappa shape index (κ3) is 3.23. The van der Waals surface area contributed by atoms with E-state index in [-0.39, 0.29) is 11.9 Å². The number of benzene rings is 1. The molecule has 136 valence electrons. The molecule has 4 fully saturated rings. The molecule has 5 rings (SSSR count). The predicted molar refractivity (Wildman–Crippen MR) is 102 cm³/mol. The lowest BCUT2D eigenvalue weighted by Gasteiger charge is -2.55. The Balaban J connectivity index is 1.45. The van der Waals surface area contributed by atoms with Crippen LogP contribution in [0.3, 0.4) is 0 Å². The van der Waals surface area contributed by atoms with Crippen LogP contribution < -0.4 is 10.6 Å². The molecule has 0 unspecified atom stereocenters. The highest BCUT2D eigenvalue weighted by Crippen LogP contribution is 2.54. The van der Waals surface area contributed by atoms with Crippen LogP contribution in [0.1, 0.15) is 62.1 Å². The van der Waals surface area contributed by atoms with Gasteiger partial charge in [-0.25, -0.2) is 0 Å². The molecule has 1 amide bonds. The van der Waals surface area contributed by atoms with E-state index in [1.54, 1.807) is 0 Å². The van der Waals surface area contributed by atoms with Crippen LogP contribution in [0.5, 0.6) is 0 Å². The normalized spacial score (nSPS) is 34.2. The third-order valence-corrected chi connectivity index (χ3v) is 7.03. The van der Waals surface area contributed by atoms with Gasteiger partial charge in [0, 0.05) is 24.9 Å². The van der Waals surface area contributed by atoms with Crippen LogP contribution in [-0.4, -0.2) is 17.5 Å². The quantitative estimate of drug-likeness (QED) is 0.865. The van der Waals surface area contributed by atoms with E-state index in [4.69, 9.17) is 0 Å². The largest absolute Gasteiger partial charge is 0.331 e. The Morgan fingerprint density at radius 3 is 2.00 bits per heavy atom. The number of hydrogen-bond acceptors (Lipinski definition) is 1. The number of carbonyl (C=O) groups excluding carboxylic acids is 1. The average molecular weight is 342 g/mol. The first kappa shape index (κ1) is 17.1. The monoisotopic (exact) mass is 341 g/mol. The topological polar surface area (TPSA) is 45.7 Å². The van der Waals surface area contributed by atoms with E-state index in [1.807, 2.05) is 0 Å². The van der Waals surface area contributed by atoms with Crippen LogP contribution in [0.15, 0.2) is 12.1 Å². The second-order valence-corrected chi connectivity index (χ2v) is 9.50. The number of nitrogens with two attached hydrogens (primary N) is 1. The highest BCUT2D eigenvalue weighted by atomic mass is 16.2. The number of amides is 1.